The Bertz CT molecular complexity index is 817. The summed E-state index contributed by atoms with van der Waals surface area (Å²) in [4.78, 5) is 11.2. The molecule has 1 atom stereocenters. The zero-order valence-electron chi connectivity index (χ0n) is 14.1. The summed E-state index contributed by atoms with van der Waals surface area (Å²) in [7, 11) is 2.12. The van der Waals surface area contributed by atoms with Crippen LogP contribution in [-0.4, -0.2) is 40.2 Å². The van der Waals surface area contributed by atoms with E-state index in [1.165, 1.54) is 0 Å². The number of pyridine rings is 1. The van der Waals surface area contributed by atoms with Crippen LogP contribution in [0.25, 0.3) is 11.4 Å². The van der Waals surface area contributed by atoms with Gasteiger partial charge < -0.3 is 14.2 Å². The Morgan fingerprint density at radius 2 is 2.04 bits per heavy atom. The summed E-state index contributed by atoms with van der Waals surface area (Å²) in [6.45, 7) is 2.09. The van der Waals surface area contributed by atoms with Crippen molar-refractivity contribution in [1.82, 2.24) is 20.0 Å². The first-order chi connectivity index (χ1) is 12.3. The Morgan fingerprint density at radius 3 is 2.80 bits per heavy atom. The molecule has 0 aliphatic carbocycles. The Kier molecular flexibility index (Phi) is 4.43. The lowest BCUT2D eigenvalue weighted by molar-refractivity contribution is 0.220. The minimum absolute atomic E-state index is 0.314. The fraction of sp³-hybridized carbons (Fsp3) is 0.316. The van der Waals surface area contributed by atoms with E-state index in [2.05, 4.69) is 27.1 Å². The Labute approximate surface area is 146 Å². The van der Waals surface area contributed by atoms with E-state index in [9.17, 15) is 0 Å². The average molecular weight is 336 g/mol. The molecule has 2 aromatic heterocycles. The second kappa shape index (κ2) is 7.03. The number of rotatable bonds is 4. The predicted octanol–water partition coefficient (Wildman–Crippen LogP) is 3.73. The summed E-state index contributed by atoms with van der Waals surface area (Å²) in [5.41, 5.74) is 0.819. The molecular formula is C19H20N4O2. The molecule has 1 saturated heterocycles. The van der Waals surface area contributed by atoms with Crippen molar-refractivity contribution in [1.29, 1.82) is 0 Å². The van der Waals surface area contributed by atoms with Crippen LogP contribution in [0.2, 0.25) is 0 Å². The van der Waals surface area contributed by atoms with Gasteiger partial charge in [-0.15, -0.1) is 0 Å². The first kappa shape index (κ1) is 15.8. The number of nitrogens with zero attached hydrogens (tertiary/aromatic N) is 4. The van der Waals surface area contributed by atoms with E-state index in [1.54, 1.807) is 6.20 Å². The average Bonchev–Trinajstić information content (AvgIpc) is 3.13. The fourth-order valence-corrected chi connectivity index (χ4v) is 3.07. The van der Waals surface area contributed by atoms with Crippen LogP contribution < -0.4 is 4.74 Å². The first-order valence-corrected chi connectivity index (χ1v) is 8.49. The zero-order chi connectivity index (χ0) is 17.1. The molecule has 3 heterocycles. The standard InChI is InChI=1S/C19H20N4O2/c1-23-11-5-6-15(13-23)19-21-18(22-25-19)14-9-10-17(20-12-14)24-16-7-3-2-4-8-16/h2-4,7-10,12,15H,5-6,11,13H2,1H3. The van der Waals surface area contributed by atoms with Crippen LogP contribution in [0.1, 0.15) is 24.7 Å². The number of aromatic nitrogens is 3. The molecule has 1 fully saturated rings. The van der Waals surface area contributed by atoms with E-state index in [4.69, 9.17) is 9.26 Å². The van der Waals surface area contributed by atoms with Gasteiger partial charge in [0.2, 0.25) is 17.6 Å². The lowest BCUT2D eigenvalue weighted by atomic mass is 9.98. The molecule has 1 aliphatic rings. The number of para-hydroxylation sites is 1. The van der Waals surface area contributed by atoms with Gasteiger partial charge in [-0.25, -0.2) is 4.98 Å². The third-order valence-electron chi connectivity index (χ3n) is 4.38. The van der Waals surface area contributed by atoms with Crippen LogP contribution in [-0.2, 0) is 0 Å². The van der Waals surface area contributed by atoms with Crippen LogP contribution >= 0.6 is 0 Å². The molecule has 1 unspecified atom stereocenters. The van der Waals surface area contributed by atoms with Crippen LogP contribution in [0.5, 0.6) is 11.6 Å². The van der Waals surface area contributed by atoms with Gasteiger partial charge in [0.25, 0.3) is 0 Å². The Morgan fingerprint density at radius 1 is 1.16 bits per heavy atom. The number of likely N-dealkylation sites (N-methyl/N-ethyl adjacent to an activating group) is 1. The van der Waals surface area contributed by atoms with Crippen LogP contribution in [0.15, 0.2) is 53.2 Å². The number of ether oxygens (including phenoxy) is 1. The zero-order valence-corrected chi connectivity index (χ0v) is 14.1. The van der Waals surface area contributed by atoms with Gasteiger partial charge in [0.1, 0.15) is 5.75 Å². The van der Waals surface area contributed by atoms with Crippen molar-refractivity contribution in [2.75, 3.05) is 20.1 Å². The van der Waals surface area contributed by atoms with Crippen molar-refractivity contribution in [2.45, 2.75) is 18.8 Å². The van der Waals surface area contributed by atoms with E-state index in [0.29, 0.717) is 23.5 Å². The minimum Gasteiger partial charge on any atom is -0.439 e. The molecule has 6 nitrogen and oxygen atoms in total. The van der Waals surface area contributed by atoms with E-state index >= 15 is 0 Å². The molecule has 128 valence electrons. The molecule has 0 bridgehead atoms. The maximum absolute atomic E-state index is 5.70. The highest BCUT2D eigenvalue weighted by molar-refractivity contribution is 5.53. The lowest BCUT2D eigenvalue weighted by Crippen LogP contribution is -2.30. The topological polar surface area (TPSA) is 64.3 Å². The van der Waals surface area contributed by atoms with Gasteiger partial charge in [0.05, 0.1) is 5.92 Å². The van der Waals surface area contributed by atoms with E-state index < -0.39 is 0 Å². The summed E-state index contributed by atoms with van der Waals surface area (Å²) >= 11 is 0. The monoisotopic (exact) mass is 336 g/mol. The van der Waals surface area contributed by atoms with Gasteiger partial charge in [0.15, 0.2) is 0 Å². The molecule has 1 aliphatic heterocycles. The lowest BCUT2D eigenvalue weighted by Gasteiger charge is -2.27. The molecule has 0 radical (unpaired) electrons. The summed E-state index contributed by atoms with van der Waals surface area (Å²) in [6.07, 6.45) is 3.96. The molecule has 1 aromatic carbocycles. The molecule has 0 spiro atoms. The highest BCUT2D eigenvalue weighted by Gasteiger charge is 2.24. The second-order valence-electron chi connectivity index (χ2n) is 6.36. The predicted molar refractivity (Wildman–Crippen MR) is 93.5 cm³/mol. The molecule has 4 rings (SSSR count). The Balaban J connectivity index is 1.47. The molecule has 3 aromatic rings. The second-order valence-corrected chi connectivity index (χ2v) is 6.36. The number of benzene rings is 1. The fourth-order valence-electron chi connectivity index (χ4n) is 3.07. The molecule has 6 heteroatoms. The largest absolute Gasteiger partial charge is 0.439 e. The first-order valence-electron chi connectivity index (χ1n) is 8.49. The van der Waals surface area contributed by atoms with Crippen LogP contribution in [0.3, 0.4) is 0 Å². The molecular weight excluding hydrogens is 316 g/mol. The number of likely N-dealkylation sites (tertiary alicyclic amines) is 1. The normalized spacial score (nSPS) is 18.2. The van der Waals surface area contributed by atoms with Gasteiger partial charge >= 0.3 is 0 Å². The van der Waals surface area contributed by atoms with Gasteiger partial charge in [-0.05, 0) is 44.6 Å². The minimum atomic E-state index is 0.314. The van der Waals surface area contributed by atoms with Gasteiger partial charge in [0, 0.05) is 24.4 Å². The summed E-state index contributed by atoms with van der Waals surface area (Å²) in [5, 5.41) is 4.11. The van der Waals surface area contributed by atoms with Crippen molar-refractivity contribution in [3.8, 4) is 23.0 Å². The van der Waals surface area contributed by atoms with Crippen molar-refractivity contribution in [2.24, 2.45) is 0 Å². The van der Waals surface area contributed by atoms with Crippen molar-refractivity contribution < 1.29 is 9.26 Å². The molecule has 0 N–H and O–H groups in total. The van der Waals surface area contributed by atoms with Gasteiger partial charge in [-0.2, -0.15) is 4.98 Å². The summed E-state index contributed by atoms with van der Waals surface area (Å²) in [5.74, 6) is 2.89. The van der Waals surface area contributed by atoms with E-state index in [1.807, 2.05) is 42.5 Å². The molecule has 0 saturated carbocycles. The van der Waals surface area contributed by atoms with Gasteiger partial charge in [-0.3, -0.25) is 0 Å². The van der Waals surface area contributed by atoms with Gasteiger partial charge in [-0.1, -0.05) is 23.4 Å². The third kappa shape index (κ3) is 3.69. The van der Waals surface area contributed by atoms with Crippen molar-refractivity contribution in [3.63, 3.8) is 0 Å². The Hall–Kier alpha value is -2.73. The van der Waals surface area contributed by atoms with Crippen LogP contribution in [0, 0.1) is 0 Å². The maximum atomic E-state index is 5.70. The summed E-state index contributed by atoms with van der Waals surface area (Å²) in [6, 6.07) is 13.3. The highest BCUT2D eigenvalue weighted by atomic mass is 16.5. The van der Waals surface area contributed by atoms with E-state index in [0.717, 1.165) is 37.2 Å². The SMILES string of the molecule is CN1CCCC(c2nc(-c3ccc(Oc4ccccc4)nc3)no2)C1. The number of hydrogen-bond donors (Lipinski definition) is 0. The third-order valence-corrected chi connectivity index (χ3v) is 4.38. The molecule has 0 amide bonds. The molecule has 25 heavy (non-hydrogen) atoms. The smallest absolute Gasteiger partial charge is 0.231 e. The number of piperidine rings is 1. The number of hydrogen-bond acceptors (Lipinski definition) is 6. The quantitative estimate of drug-likeness (QED) is 0.723. The summed E-state index contributed by atoms with van der Waals surface area (Å²) < 4.78 is 11.2. The van der Waals surface area contributed by atoms with Crippen LogP contribution in [0.4, 0.5) is 0 Å². The van der Waals surface area contributed by atoms with Crippen molar-refractivity contribution >= 4 is 0 Å². The highest BCUT2D eigenvalue weighted by Crippen LogP contribution is 2.27. The van der Waals surface area contributed by atoms with E-state index in [-0.39, 0.29) is 0 Å². The maximum Gasteiger partial charge on any atom is 0.231 e. The van der Waals surface area contributed by atoms with Crippen molar-refractivity contribution in [3.05, 3.63) is 54.6 Å².